The van der Waals surface area contributed by atoms with E-state index in [9.17, 15) is 9.59 Å². The van der Waals surface area contributed by atoms with Gasteiger partial charge in [0.1, 0.15) is 0 Å². The van der Waals surface area contributed by atoms with Crippen LogP contribution in [-0.4, -0.2) is 24.6 Å². The van der Waals surface area contributed by atoms with Crippen LogP contribution in [-0.2, 0) is 4.79 Å². The van der Waals surface area contributed by atoms with Crippen LogP contribution in [0.5, 0.6) is 5.75 Å². The first-order valence-electron chi connectivity index (χ1n) is 7.26. The van der Waals surface area contributed by atoms with Crippen LogP contribution >= 0.6 is 0 Å². The molecule has 1 aliphatic carbocycles. The molecule has 1 fully saturated rings. The van der Waals surface area contributed by atoms with Crippen LogP contribution in [0.3, 0.4) is 0 Å². The Kier molecular flexibility index (Phi) is 3.68. The number of ether oxygens (including phenoxy) is 1. The molecule has 6 nitrogen and oxygen atoms in total. The second-order valence-electron chi connectivity index (χ2n) is 5.61. The average Bonchev–Trinajstić information content (AvgIpc) is 2.90. The minimum absolute atomic E-state index is 0.0328. The van der Waals surface area contributed by atoms with Gasteiger partial charge in [-0.3, -0.25) is 4.79 Å². The van der Waals surface area contributed by atoms with Crippen LogP contribution < -0.4 is 20.7 Å². The zero-order chi connectivity index (χ0) is 14.8. The van der Waals surface area contributed by atoms with Gasteiger partial charge in [0.25, 0.3) is 5.91 Å². The van der Waals surface area contributed by atoms with Crippen molar-refractivity contribution in [2.45, 2.75) is 38.6 Å². The second-order valence-corrected chi connectivity index (χ2v) is 5.61. The fraction of sp³-hybridized carbons (Fsp3) is 0.467. The Balaban J connectivity index is 1.75. The molecule has 0 unspecified atom stereocenters. The Morgan fingerprint density at radius 2 is 2.10 bits per heavy atom. The monoisotopic (exact) mass is 289 g/mol. The van der Waals surface area contributed by atoms with E-state index in [2.05, 4.69) is 16.0 Å². The number of nitrogens with one attached hydrogen (secondary N) is 3. The molecule has 2 aliphatic rings. The Morgan fingerprint density at radius 1 is 1.33 bits per heavy atom. The maximum Gasteiger partial charge on any atom is 0.319 e. The fourth-order valence-electron chi connectivity index (χ4n) is 2.85. The summed E-state index contributed by atoms with van der Waals surface area (Å²) in [6, 6.07) is 3.69. The molecule has 0 bridgehead atoms. The summed E-state index contributed by atoms with van der Waals surface area (Å²) >= 11 is 0. The normalized spacial score (nSPS) is 17.7. The van der Waals surface area contributed by atoms with Gasteiger partial charge in [0.15, 0.2) is 12.4 Å². The molecule has 0 atom stereocenters. The van der Waals surface area contributed by atoms with Crippen LogP contribution in [0.4, 0.5) is 16.2 Å². The van der Waals surface area contributed by atoms with Crippen molar-refractivity contribution in [3.8, 4) is 5.75 Å². The van der Waals surface area contributed by atoms with E-state index >= 15 is 0 Å². The number of urea groups is 1. The molecule has 3 amide bonds. The first-order chi connectivity index (χ1) is 10.1. The van der Waals surface area contributed by atoms with Gasteiger partial charge in [-0.1, -0.05) is 12.8 Å². The lowest BCUT2D eigenvalue weighted by atomic mass is 10.1. The topological polar surface area (TPSA) is 79.5 Å². The van der Waals surface area contributed by atoms with Crippen molar-refractivity contribution in [1.82, 2.24) is 5.32 Å². The molecule has 1 aromatic rings. The highest BCUT2D eigenvalue weighted by Gasteiger charge is 2.22. The number of benzene rings is 1. The Hall–Kier alpha value is -2.24. The summed E-state index contributed by atoms with van der Waals surface area (Å²) in [6.07, 6.45) is 4.40. The maximum atomic E-state index is 12.1. The minimum Gasteiger partial charge on any atom is -0.479 e. The van der Waals surface area contributed by atoms with Crippen molar-refractivity contribution >= 4 is 23.3 Å². The molecule has 0 radical (unpaired) electrons. The summed E-state index contributed by atoms with van der Waals surface area (Å²) in [4.78, 5) is 23.4. The summed E-state index contributed by atoms with van der Waals surface area (Å²) in [5, 5.41) is 8.55. The van der Waals surface area contributed by atoms with Gasteiger partial charge >= 0.3 is 6.03 Å². The van der Waals surface area contributed by atoms with Crippen LogP contribution in [0.25, 0.3) is 0 Å². The first-order valence-corrected chi connectivity index (χ1v) is 7.26. The second kappa shape index (κ2) is 5.63. The molecule has 1 aliphatic heterocycles. The SMILES string of the molecule is Cc1cc2c(c(NC(=O)NC3CCCC3)c1)OCC(=O)N2. The van der Waals surface area contributed by atoms with Crippen LogP contribution in [0.1, 0.15) is 31.2 Å². The van der Waals surface area contributed by atoms with E-state index in [1.54, 1.807) is 0 Å². The van der Waals surface area contributed by atoms with Crippen molar-refractivity contribution in [3.05, 3.63) is 17.7 Å². The average molecular weight is 289 g/mol. The molecule has 0 saturated heterocycles. The number of anilines is 2. The number of hydrogen-bond donors (Lipinski definition) is 3. The number of fused-ring (bicyclic) bond motifs is 1. The van der Waals surface area contributed by atoms with Gasteiger partial charge in [0.2, 0.25) is 0 Å². The van der Waals surface area contributed by atoms with E-state index in [0.717, 1.165) is 18.4 Å². The van der Waals surface area contributed by atoms with E-state index in [1.807, 2.05) is 19.1 Å². The maximum absolute atomic E-state index is 12.1. The summed E-state index contributed by atoms with van der Waals surface area (Å²) in [7, 11) is 0. The lowest BCUT2D eigenvalue weighted by Gasteiger charge is -2.22. The molecule has 3 rings (SSSR count). The summed E-state index contributed by atoms with van der Waals surface area (Å²) in [5.74, 6) is 0.330. The minimum atomic E-state index is -0.227. The third-order valence-electron chi connectivity index (χ3n) is 3.79. The van der Waals surface area contributed by atoms with Gasteiger partial charge in [-0.05, 0) is 37.5 Å². The number of hydrogen-bond acceptors (Lipinski definition) is 3. The summed E-state index contributed by atoms with van der Waals surface area (Å²) < 4.78 is 5.44. The van der Waals surface area contributed by atoms with Crippen molar-refractivity contribution in [2.24, 2.45) is 0 Å². The van der Waals surface area contributed by atoms with Gasteiger partial charge < -0.3 is 20.7 Å². The molecule has 1 heterocycles. The molecule has 112 valence electrons. The highest BCUT2D eigenvalue weighted by atomic mass is 16.5. The predicted octanol–water partition coefficient (Wildman–Crippen LogP) is 2.39. The number of carbonyl (C=O) groups is 2. The van der Waals surface area contributed by atoms with Gasteiger partial charge in [0.05, 0.1) is 11.4 Å². The molecular weight excluding hydrogens is 270 g/mol. The Labute approximate surface area is 123 Å². The summed E-state index contributed by atoms with van der Waals surface area (Å²) in [5.41, 5.74) is 2.12. The third-order valence-corrected chi connectivity index (χ3v) is 3.79. The van der Waals surface area contributed by atoms with Crippen molar-refractivity contribution in [1.29, 1.82) is 0 Å². The number of rotatable bonds is 2. The van der Waals surface area contributed by atoms with Gasteiger partial charge in [-0.2, -0.15) is 0 Å². The standard InChI is InChI=1S/C15H19N3O3/c1-9-6-11-14(21-8-13(19)17-11)12(7-9)18-15(20)16-10-4-2-3-5-10/h6-7,10H,2-5,8H2,1H3,(H,17,19)(H2,16,18,20). The first kappa shape index (κ1) is 13.7. The quantitative estimate of drug-likeness (QED) is 0.782. The lowest BCUT2D eigenvalue weighted by molar-refractivity contribution is -0.118. The Morgan fingerprint density at radius 3 is 2.86 bits per heavy atom. The van der Waals surface area contributed by atoms with E-state index in [4.69, 9.17) is 4.74 Å². The van der Waals surface area contributed by atoms with Crippen LogP contribution in [0, 0.1) is 6.92 Å². The van der Waals surface area contributed by atoms with E-state index in [1.165, 1.54) is 12.8 Å². The highest BCUT2D eigenvalue weighted by Crippen LogP contribution is 2.37. The lowest BCUT2D eigenvalue weighted by Crippen LogP contribution is -2.36. The molecule has 3 N–H and O–H groups in total. The number of carbonyl (C=O) groups excluding carboxylic acids is 2. The Bertz CT molecular complexity index is 580. The largest absolute Gasteiger partial charge is 0.479 e. The number of aryl methyl sites for hydroxylation is 1. The number of amides is 3. The van der Waals surface area contributed by atoms with Crippen molar-refractivity contribution < 1.29 is 14.3 Å². The smallest absolute Gasteiger partial charge is 0.319 e. The molecule has 21 heavy (non-hydrogen) atoms. The van der Waals surface area contributed by atoms with Gasteiger partial charge in [0, 0.05) is 6.04 Å². The molecule has 0 spiro atoms. The van der Waals surface area contributed by atoms with E-state index < -0.39 is 0 Å². The molecule has 1 aromatic carbocycles. The highest BCUT2D eigenvalue weighted by molar-refractivity contribution is 5.99. The third kappa shape index (κ3) is 3.09. The van der Waals surface area contributed by atoms with Crippen molar-refractivity contribution in [2.75, 3.05) is 17.2 Å². The van der Waals surface area contributed by atoms with Crippen molar-refractivity contribution in [3.63, 3.8) is 0 Å². The molecule has 1 saturated carbocycles. The fourth-order valence-corrected chi connectivity index (χ4v) is 2.85. The van der Waals surface area contributed by atoms with Gasteiger partial charge in [-0.15, -0.1) is 0 Å². The van der Waals surface area contributed by atoms with Crippen LogP contribution in [0.2, 0.25) is 0 Å². The summed E-state index contributed by atoms with van der Waals surface area (Å²) in [6.45, 7) is 1.87. The zero-order valence-corrected chi connectivity index (χ0v) is 12.0. The predicted molar refractivity (Wildman–Crippen MR) is 79.7 cm³/mol. The van der Waals surface area contributed by atoms with Gasteiger partial charge in [-0.25, -0.2) is 4.79 Å². The molecular formula is C15H19N3O3. The van der Waals surface area contributed by atoms with Crippen LogP contribution in [0.15, 0.2) is 12.1 Å². The zero-order valence-electron chi connectivity index (χ0n) is 12.0. The molecule has 0 aromatic heterocycles. The van der Waals surface area contributed by atoms with E-state index in [0.29, 0.717) is 17.1 Å². The van der Waals surface area contributed by atoms with E-state index in [-0.39, 0.29) is 24.6 Å². The molecule has 6 heteroatoms.